The molecule has 0 aliphatic rings. The lowest BCUT2D eigenvalue weighted by Gasteiger charge is -2.09. The zero-order chi connectivity index (χ0) is 17.4. The van der Waals surface area contributed by atoms with Crippen molar-refractivity contribution in [3.05, 3.63) is 52.1 Å². The SMILES string of the molecule is COCC(=O)Nc1cccc(NC(=O)COc2ccc(I)cc2)c1. The second-order valence-electron chi connectivity index (χ2n) is 4.85. The molecule has 0 aromatic heterocycles. The molecule has 0 aliphatic carbocycles. The van der Waals surface area contributed by atoms with Crippen molar-refractivity contribution in [2.75, 3.05) is 31.0 Å². The van der Waals surface area contributed by atoms with Gasteiger partial charge in [-0.15, -0.1) is 0 Å². The molecule has 0 atom stereocenters. The third-order valence-corrected chi connectivity index (χ3v) is 3.61. The lowest BCUT2D eigenvalue weighted by atomic mass is 10.2. The summed E-state index contributed by atoms with van der Waals surface area (Å²) in [4.78, 5) is 23.4. The number of hydrogen-bond acceptors (Lipinski definition) is 4. The van der Waals surface area contributed by atoms with Crippen LogP contribution in [0.4, 0.5) is 11.4 Å². The third kappa shape index (κ3) is 6.17. The number of carbonyl (C=O) groups excluding carboxylic acids is 2. The molecule has 6 nitrogen and oxygen atoms in total. The van der Waals surface area contributed by atoms with Crippen molar-refractivity contribution >= 4 is 45.8 Å². The van der Waals surface area contributed by atoms with Gasteiger partial charge in [0.1, 0.15) is 12.4 Å². The quantitative estimate of drug-likeness (QED) is 0.650. The summed E-state index contributed by atoms with van der Waals surface area (Å²) >= 11 is 2.20. The summed E-state index contributed by atoms with van der Waals surface area (Å²) in [5.41, 5.74) is 1.15. The van der Waals surface area contributed by atoms with E-state index in [4.69, 9.17) is 9.47 Å². The second-order valence-corrected chi connectivity index (χ2v) is 6.10. The van der Waals surface area contributed by atoms with Gasteiger partial charge in [-0.05, 0) is 65.1 Å². The van der Waals surface area contributed by atoms with E-state index in [1.54, 1.807) is 36.4 Å². The molecule has 2 aromatic rings. The molecule has 0 saturated heterocycles. The summed E-state index contributed by atoms with van der Waals surface area (Å²) in [7, 11) is 1.45. The molecule has 24 heavy (non-hydrogen) atoms. The van der Waals surface area contributed by atoms with Crippen LogP contribution in [0.3, 0.4) is 0 Å². The average molecular weight is 440 g/mol. The molecule has 0 radical (unpaired) electrons. The lowest BCUT2D eigenvalue weighted by molar-refractivity contribution is -0.119. The Hall–Kier alpha value is -2.13. The maximum atomic E-state index is 11.9. The van der Waals surface area contributed by atoms with E-state index < -0.39 is 0 Å². The van der Waals surface area contributed by atoms with Gasteiger partial charge in [0.05, 0.1) is 0 Å². The van der Waals surface area contributed by atoms with Gasteiger partial charge in [-0.3, -0.25) is 9.59 Å². The standard InChI is InChI=1S/C17H17IN2O4/c1-23-10-16(21)19-13-3-2-4-14(9-13)20-17(22)11-24-15-7-5-12(18)6-8-15/h2-9H,10-11H2,1H3,(H,19,21)(H,20,22). The Labute approximate surface area is 153 Å². The molecule has 0 fully saturated rings. The Kier molecular flexibility index (Phi) is 7.01. The Bertz CT molecular complexity index is 704. The first-order chi connectivity index (χ1) is 11.6. The number of benzene rings is 2. The molecular formula is C17H17IN2O4. The first-order valence-corrected chi connectivity index (χ1v) is 8.22. The van der Waals surface area contributed by atoms with Gasteiger partial charge in [0.2, 0.25) is 5.91 Å². The highest BCUT2D eigenvalue weighted by atomic mass is 127. The van der Waals surface area contributed by atoms with Gasteiger partial charge in [-0.2, -0.15) is 0 Å². The predicted molar refractivity (Wildman–Crippen MR) is 100 cm³/mol. The molecule has 0 spiro atoms. The summed E-state index contributed by atoms with van der Waals surface area (Å²) < 4.78 is 11.3. The number of nitrogens with one attached hydrogen (secondary N) is 2. The lowest BCUT2D eigenvalue weighted by Crippen LogP contribution is -2.20. The van der Waals surface area contributed by atoms with Gasteiger partial charge < -0.3 is 20.1 Å². The number of anilines is 2. The van der Waals surface area contributed by atoms with Crippen LogP contribution in [0.25, 0.3) is 0 Å². The number of rotatable bonds is 7. The highest BCUT2D eigenvalue weighted by Gasteiger charge is 2.06. The minimum atomic E-state index is -0.283. The van der Waals surface area contributed by atoms with Gasteiger partial charge in [0, 0.05) is 22.1 Å². The van der Waals surface area contributed by atoms with Crippen LogP contribution < -0.4 is 15.4 Å². The van der Waals surface area contributed by atoms with Crippen molar-refractivity contribution in [2.24, 2.45) is 0 Å². The van der Waals surface area contributed by atoms with Crippen LogP contribution in [-0.4, -0.2) is 32.1 Å². The van der Waals surface area contributed by atoms with Crippen LogP contribution in [0.5, 0.6) is 5.75 Å². The summed E-state index contributed by atoms with van der Waals surface area (Å²) in [6.45, 7) is -0.124. The van der Waals surface area contributed by atoms with E-state index in [2.05, 4.69) is 33.2 Å². The molecule has 0 heterocycles. The normalized spacial score (nSPS) is 10.1. The maximum absolute atomic E-state index is 11.9. The minimum absolute atomic E-state index is 0.0273. The number of amides is 2. The highest BCUT2D eigenvalue weighted by Crippen LogP contribution is 2.16. The minimum Gasteiger partial charge on any atom is -0.484 e. The van der Waals surface area contributed by atoms with Gasteiger partial charge in [0.15, 0.2) is 6.61 Å². The number of hydrogen-bond donors (Lipinski definition) is 2. The number of halogens is 1. The van der Waals surface area contributed by atoms with Crippen molar-refractivity contribution in [3.63, 3.8) is 0 Å². The van der Waals surface area contributed by atoms with Crippen LogP contribution in [0, 0.1) is 3.57 Å². The summed E-state index contributed by atoms with van der Waals surface area (Å²) in [6.07, 6.45) is 0. The van der Waals surface area contributed by atoms with E-state index in [9.17, 15) is 9.59 Å². The van der Waals surface area contributed by atoms with E-state index in [1.165, 1.54) is 7.11 Å². The molecule has 0 aliphatic heterocycles. The van der Waals surface area contributed by atoms with Crippen LogP contribution in [0.1, 0.15) is 0 Å². The summed E-state index contributed by atoms with van der Waals surface area (Å²) in [5.74, 6) is 0.0862. The zero-order valence-electron chi connectivity index (χ0n) is 13.0. The van der Waals surface area contributed by atoms with Crippen molar-refractivity contribution in [1.82, 2.24) is 0 Å². The molecule has 0 saturated carbocycles. The monoisotopic (exact) mass is 440 g/mol. The second kappa shape index (κ2) is 9.24. The van der Waals surface area contributed by atoms with E-state index in [0.717, 1.165) is 3.57 Å². The Morgan fingerprint density at radius 1 is 0.958 bits per heavy atom. The molecule has 2 aromatic carbocycles. The molecule has 126 valence electrons. The Morgan fingerprint density at radius 3 is 2.12 bits per heavy atom. The number of ether oxygens (including phenoxy) is 2. The van der Waals surface area contributed by atoms with Crippen molar-refractivity contribution in [2.45, 2.75) is 0 Å². The third-order valence-electron chi connectivity index (χ3n) is 2.89. The van der Waals surface area contributed by atoms with Crippen molar-refractivity contribution in [3.8, 4) is 5.75 Å². The molecule has 2 rings (SSSR count). The Balaban J connectivity index is 1.87. The first kappa shape index (κ1) is 18.2. The van der Waals surface area contributed by atoms with E-state index >= 15 is 0 Å². The molecule has 2 amide bonds. The van der Waals surface area contributed by atoms with Crippen LogP contribution in [0.2, 0.25) is 0 Å². The van der Waals surface area contributed by atoms with Gasteiger partial charge in [0.25, 0.3) is 5.91 Å². The maximum Gasteiger partial charge on any atom is 0.262 e. The molecule has 7 heteroatoms. The molecule has 0 bridgehead atoms. The number of methoxy groups -OCH3 is 1. The Morgan fingerprint density at radius 2 is 1.54 bits per heavy atom. The fourth-order valence-electron chi connectivity index (χ4n) is 1.88. The van der Waals surface area contributed by atoms with E-state index in [-0.39, 0.29) is 25.0 Å². The van der Waals surface area contributed by atoms with E-state index in [0.29, 0.717) is 17.1 Å². The molecule has 2 N–H and O–H groups in total. The predicted octanol–water partition coefficient (Wildman–Crippen LogP) is 2.89. The fourth-order valence-corrected chi connectivity index (χ4v) is 2.24. The average Bonchev–Trinajstić information content (AvgIpc) is 2.55. The van der Waals surface area contributed by atoms with Crippen LogP contribution >= 0.6 is 22.6 Å². The first-order valence-electron chi connectivity index (χ1n) is 7.14. The van der Waals surface area contributed by atoms with E-state index in [1.807, 2.05) is 12.1 Å². The van der Waals surface area contributed by atoms with Crippen LogP contribution in [-0.2, 0) is 14.3 Å². The molecular weight excluding hydrogens is 423 g/mol. The highest BCUT2D eigenvalue weighted by molar-refractivity contribution is 14.1. The summed E-state index contributed by atoms with van der Waals surface area (Å²) in [5, 5.41) is 5.39. The van der Waals surface area contributed by atoms with Gasteiger partial charge in [-0.1, -0.05) is 6.07 Å². The van der Waals surface area contributed by atoms with Crippen LogP contribution in [0.15, 0.2) is 48.5 Å². The topological polar surface area (TPSA) is 76.7 Å². The van der Waals surface area contributed by atoms with Gasteiger partial charge >= 0.3 is 0 Å². The largest absolute Gasteiger partial charge is 0.484 e. The molecule has 0 unspecified atom stereocenters. The van der Waals surface area contributed by atoms with Gasteiger partial charge in [-0.25, -0.2) is 0 Å². The van der Waals surface area contributed by atoms with Crippen molar-refractivity contribution < 1.29 is 19.1 Å². The smallest absolute Gasteiger partial charge is 0.262 e. The van der Waals surface area contributed by atoms with Crippen molar-refractivity contribution in [1.29, 1.82) is 0 Å². The zero-order valence-corrected chi connectivity index (χ0v) is 15.2. The fraction of sp³-hybridized carbons (Fsp3) is 0.176. The summed E-state index contributed by atoms with van der Waals surface area (Å²) in [6, 6.07) is 14.3. The number of carbonyl (C=O) groups is 2.